The van der Waals surface area contributed by atoms with Gasteiger partial charge in [0.1, 0.15) is 0 Å². The average Bonchev–Trinajstić information content (AvgIpc) is 2.75. The summed E-state index contributed by atoms with van der Waals surface area (Å²) >= 11 is 3.69. The molecule has 0 bridgehead atoms. The maximum atomic E-state index is 5.60. The van der Waals surface area contributed by atoms with Crippen molar-refractivity contribution in [3.63, 3.8) is 0 Å². The van der Waals surface area contributed by atoms with Gasteiger partial charge in [0.25, 0.3) is 0 Å². The second-order valence-electron chi connectivity index (χ2n) is 5.48. The molecular weight excluding hydrogens is 302 g/mol. The van der Waals surface area contributed by atoms with Crippen LogP contribution in [0.2, 0.25) is 0 Å². The molecule has 0 saturated carbocycles. The van der Waals surface area contributed by atoms with Gasteiger partial charge >= 0.3 is 0 Å². The van der Waals surface area contributed by atoms with Crippen molar-refractivity contribution in [2.45, 2.75) is 25.3 Å². The number of rotatable bonds is 5. The number of nitrogens with zero attached hydrogens (tertiary/aromatic N) is 2. The van der Waals surface area contributed by atoms with Crippen molar-refractivity contribution in [3.05, 3.63) is 28.2 Å². The number of likely N-dealkylation sites (N-methyl/N-ethyl adjacent to an activating group) is 2. The number of anilines is 1. The molecule has 1 heterocycles. The Hall–Kier alpha value is -0.580. The summed E-state index contributed by atoms with van der Waals surface area (Å²) in [4.78, 5) is 4.82. The lowest BCUT2D eigenvalue weighted by Gasteiger charge is -2.28. The largest absolute Gasteiger partial charge is 0.372 e. The Morgan fingerprint density at radius 2 is 2.26 bits per heavy atom. The average molecular weight is 326 g/mol. The van der Waals surface area contributed by atoms with Gasteiger partial charge in [-0.3, -0.25) is 0 Å². The maximum absolute atomic E-state index is 5.60. The van der Waals surface area contributed by atoms with Gasteiger partial charge in [-0.05, 0) is 73.0 Å². The predicted octanol–water partition coefficient (Wildman–Crippen LogP) is 2.48. The normalized spacial score (nSPS) is 19.9. The fourth-order valence-electron chi connectivity index (χ4n) is 2.81. The first-order valence-corrected chi connectivity index (χ1v) is 7.81. The number of nitrogens with two attached hydrogens (primary N) is 1. The molecule has 2 rings (SSSR count). The van der Waals surface area contributed by atoms with Gasteiger partial charge in [0.15, 0.2) is 0 Å². The zero-order valence-electron chi connectivity index (χ0n) is 11.9. The van der Waals surface area contributed by atoms with E-state index >= 15 is 0 Å². The molecule has 0 spiro atoms. The highest BCUT2D eigenvalue weighted by molar-refractivity contribution is 9.10. The smallest absolute Gasteiger partial charge is 0.0508 e. The first kappa shape index (κ1) is 14.8. The van der Waals surface area contributed by atoms with E-state index in [2.05, 4.69) is 58.0 Å². The minimum absolute atomic E-state index is 0.681. The Morgan fingerprint density at radius 3 is 2.84 bits per heavy atom. The predicted molar refractivity (Wildman–Crippen MR) is 85.8 cm³/mol. The van der Waals surface area contributed by atoms with Crippen LogP contribution in [0.3, 0.4) is 0 Å². The van der Waals surface area contributed by atoms with Crippen LogP contribution in [0.25, 0.3) is 0 Å². The van der Waals surface area contributed by atoms with E-state index in [1.807, 2.05) is 0 Å². The van der Waals surface area contributed by atoms with Gasteiger partial charge in [-0.2, -0.15) is 0 Å². The van der Waals surface area contributed by atoms with Gasteiger partial charge in [0.05, 0.1) is 5.69 Å². The van der Waals surface area contributed by atoms with Crippen molar-refractivity contribution in [2.24, 2.45) is 5.73 Å². The summed E-state index contributed by atoms with van der Waals surface area (Å²) in [5, 5.41) is 0. The van der Waals surface area contributed by atoms with Crippen LogP contribution in [-0.2, 0) is 6.42 Å². The molecule has 1 aliphatic rings. The lowest BCUT2D eigenvalue weighted by molar-refractivity contribution is 0.314. The van der Waals surface area contributed by atoms with E-state index in [0.717, 1.165) is 13.0 Å². The summed E-state index contributed by atoms with van der Waals surface area (Å²) in [7, 11) is 4.40. The SMILES string of the molecule is CN(CC1CCCN1C)c1ccc(CCN)cc1Br. The first-order valence-electron chi connectivity index (χ1n) is 7.01. The lowest BCUT2D eigenvalue weighted by Crippen LogP contribution is -2.36. The third-order valence-electron chi connectivity index (χ3n) is 4.01. The van der Waals surface area contributed by atoms with E-state index in [1.165, 1.54) is 35.1 Å². The van der Waals surface area contributed by atoms with Crippen LogP contribution < -0.4 is 10.6 Å². The summed E-state index contributed by atoms with van der Waals surface area (Å²) in [6.45, 7) is 3.02. The topological polar surface area (TPSA) is 32.5 Å². The molecule has 2 N–H and O–H groups in total. The van der Waals surface area contributed by atoms with Crippen molar-refractivity contribution >= 4 is 21.6 Å². The molecule has 1 aromatic rings. The molecule has 19 heavy (non-hydrogen) atoms. The molecule has 1 unspecified atom stereocenters. The van der Waals surface area contributed by atoms with Crippen molar-refractivity contribution < 1.29 is 0 Å². The zero-order chi connectivity index (χ0) is 13.8. The number of benzene rings is 1. The van der Waals surface area contributed by atoms with Crippen LogP contribution in [0.4, 0.5) is 5.69 Å². The molecule has 3 nitrogen and oxygen atoms in total. The van der Waals surface area contributed by atoms with Crippen LogP contribution in [0.1, 0.15) is 18.4 Å². The molecule has 1 fully saturated rings. The van der Waals surface area contributed by atoms with Crippen LogP contribution in [0.15, 0.2) is 22.7 Å². The third-order valence-corrected chi connectivity index (χ3v) is 4.65. The maximum Gasteiger partial charge on any atom is 0.0508 e. The van der Waals surface area contributed by atoms with Gasteiger partial charge in [-0.25, -0.2) is 0 Å². The molecule has 106 valence electrons. The van der Waals surface area contributed by atoms with E-state index in [-0.39, 0.29) is 0 Å². The monoisotopic (exact) mass is 325 g/mol. The van der Waals surface area contributed by atoms with E-state index < -0.39 is 0 Å². The summed E-state index contributed by atoms with van der Waals surface area (Å²) in [6, 6.07) is 7.25. The molecule has 1 atom stereocenters. The zero-order valence-corrected chi connectivity index (χ0v) is 13.5. The first-order chi connectivity index (χ1) is 9.11. The van der Waals surface area contributed by atoms with Gasteiger partial charge in [-0.15, -0.1) is 0 Å². The second kappa shape index (κ2) is 6.73. The molecule has 0 amide bonds. The molecule has 0 radical (unpaired) electrons. The van der Waals surface area contributed by atoms with E-state index in [4.69, 9.17) is 5.73 Å². The Balaban J connectivity index is 2.04. The fourth-order valence-corrected chi connectivity index (χ4v) is 3.54. The molecule has 0 aromatic heterocycles. The number of hydrogen-bond donors (Lipinski definition) is 1. The standard InChI is InChI=1S/C15H24BrN3/c1-18-9-3-4-13(18)11-19(2)15-6-5-12(7-8-17)10-14(15)16/h5-6,10,13H,3-4,7-9,11,17H2,1-2H3. The molecule has 0 aliphatic carbocycles. The highest BCUT2D eigenvalue weighted by Gasteiger charge is 2.22. The van der Waals surface area contributed by atoms with Gasteiger partial charge in [0, 0.05) is 24.1 Å². The van der Waals surface area contributed by atoms with Crippen molar-refractivity contribution in [1.82, 2.24) is 4.90 Å². The van der Waals surface area contributed by atoms with E-state index in [0.29, 0.717) is 12.6 Å². The quantitative estimate of drug-likeness (QED) is 0.902. The van der Waals surface area contributed by atoms with Crippen LogP contribution in [-0.4, -0.2) is 44.7 Å². The third kappa shape index (κ3) is 3.71. The minimum Gasteiger partial charge on any atom is -0.372 e. The Bertz CT molecular complexity index is 422. The van der Waals surface area contributed by atoms with Crippen LogP contribution in [0.5, 0.6) is 0 Å². The molecule has 1 aliphatic heterocycles. The van der Waals surface area contributed by atoms with Gasteiger partial charge in [0.2, 0.25) is 0 Å². The Kier molecular flexibility index (Phi) is 5.25. The number of likely N-dealkylation sites (tertiary alicyclic amines) is 1. The van der Waals surface area contributed by atoms with Crippen molar-refractivity contribution in [1.29, 1.82) is 0 Å². The highest BCUT2D eigenvalue weighted by atomic mass is 79.9. The summed E-state index contributed by atoms with van der Waals surface area (Å²) in [5.74, 6) is 0. The van der Waals surface area contributed by atoms with Crippen LogP contribution in [0, 0.1) is 0 Å². The molecular formula is C15H24BrN3. The molecule has 1 saturated heterocycles. The van der Waals surface area contributed by atoms with Crippen LogP contribution >= 0.6 is 15.9 Å². The summed E-state index contributed by atoms with van der Waals surface area (Å²) in [6.07, 6.45) is 3.57. The molecule has 1 aromatic carbocycles. The van der Waals surface area contributed by atoms with Gasteiger partial charge < -0.3 is 15.5 Å². The van der Waals surface area contributed by atoms with E-state index in [9.17, 15) is 0 Å². The van der Waals surface area contributed by atoms with Gasteiger partial charge in [-0.1, -0.05) is 6.07 Å². The Labute approximate surface area is 124 Å². The summed E-state index contributed by atoms with van der Waals surface area (Å²) in [5.41, 5.74) is 8.16. The highest BCUT2D eigenvalue weighted by Crippen LogP contribution is 2.28. The number of halogens is 1. The van der Waals surface area contributed by atoms with Crippen molar-refractivity contribution in [3.8, 4) is 0 Å². The van der Waals surface area contributed by atoms with Crippen molar-refractivity contribution in [2.75, 3.05) is 38.6 Å². The second-order valence-corrected chi connectivity index (χ2v) is 6.34. The summed E-state index contributed by atoms with van der Waals surface area (Å²) < 4.78 is 1.17. The fraction of sp³-hybridized carbons (Fsp3) is 0.600. The van der Waals surface area contributed by atoms with E-state index in [1.54, 1.807) is 0 Å². The minimum atomic E-state index is 0.681. The Morgan fingerprint density at radius 1 is 1.47 bits per heavy atom. The lowest BCUT2D eigenvalue weighted by atomic mass is 10.1. The molecule has 4 heteroatoms. The number of hydrogen-bond acceptors (Lipinski definition) is 3.